The number of amides is 1. The average Bonchev–Trinajstić information content (AvgIpc) is 3.75. The summed E-state index contributed by atoms with van der Waals surface area (Å²) < 4.78 is 51.5. The zero-order chi connectivity index (χ0) is 37.0. The summed E-state index contributed by atoms with van der Waals surface area (Å²) in [5.74, 6) is 1.72. The van der Waals surface area contributed by atoms with Crippen molar-refractivity contribution in [1.82, 2.24) is 24.8 Å². The van der Waals surface area contributed by atoms with Crippen molar-refractivity contribution in [2.24, 2.45) is 0 Å². The molecule has 0 spiro atoms. The van der Waals surface area contributed by atoms with Crippen LogP contribution in [0, 0.1) is 24.0 Å². The average molecular weight is 721 g/mol. The monoisotopic (exact) mass is 720 g/mol. The van der Waals surface area contributed by atoms with Crippen LogP contribution in [-0.2, 0) is 4.74 Å². The summed E-state index contributed by atoms with van der Waals surface area (Å²) in [5.41, 5.74) is 0.353. The minimum atomic E-state index is -0.729. The van der Waals surface area contributed by atoms with Gasteiger partial charge in [0.25, 0.3) is 0 Å². The van der Waals surface area contributed by atoms with Gasteiger partial charge in [0, 0.05) is 24.0 Å². The first kappa shape index (κ1) is 33.8. The smallest absolute Gasteiger partial charge is 0.410 e. The van der Waals surface area contributed by atoms with E-state index in [-0.39, 0.29) is 65.0 Å². The van der Waals surface area contributed by atoms with Crippen molar-refractivity contribution in [2.45, 2.75) is 95.2 Å². The molecule has 0 unspecified atom stereocenters. The van der Waals surface area contributed by atoms with Crippen molar-refractivity contribution < 1.29 is 27.8 Å². The lowest BCUT2D eigenvalue weighted by Gasteiger charge is -2.48. The second-order valence-electron chi connectivity index (χ2n) is 16.0. The van der Waals surface area contributed by atoms with E-state index in [0.29, 0.717) is 34.1 Å². The number of rotatable bonds is 4. The molecule has 4 saturated heterocycles. The van der Waals surface area contributed by atoms with E-state index < -0.39 is 23.3 Å². The first-order chi connectivity index (χ1) is 25.4. The highest BCUT2D eigenvalue weighted by molar-refractivity contribution is 6.03. The molecule has 1 amide bonds. The number of aromatic nitrogens is 3. The van der Waals surface area contributed by atoms with Crippen molar-refractivity contribution in [3.8, 4) is 35.5 Å². The molecule has 0 saturated carbocycles. The fraction of sp³-hybridized carbons (Fsp3) is 0.463. The number of terminal acetylenes is 1. The first-order valence-corrected chi connectivity index (χ1v) is 18.5. The Morgan fingerprint density at radius 2 is 1.96 bits per heavy atom. The number of hydrogen-bond acceptors (Lipinski definition) is 9. The van der Waals surface area contributed by atoms with E-state index in [0.717, 1.165) is 50.8 Å². The summed E-state index contributed by atoms with van der Waals surface area (Å²) in [6, 6.07) is 7.37. The predicted octanol–water partition coefficient (Wildman–Crippen LogP) is 7.02. The van der Waals surface area contributed by atoms with Gasteiger partial charge >= 0.3 is 12.1 Å². The molecule has 12 heteroatoms. The van der Waals surface area contributed by atoms with Crippen LogP contribution >= 0.6 is 0 Å². The second kappa shape index (κ2) is 12.0. The van der Waals surface area contributed by atoms with Crippen LogP contribution in [0.2, 0.25) is 0 Å². The van der Waals surface area contributed by atoms with E-state index in [1.165, 1.54) is 6.07 Å². The number of halogens is 2. The zero-order valence-corrected chi connectivity index (χ0v) is 30.4. The van der Waals surface area contributed by atoms with Crippen molar-refractivity contribution in [2.75, 3.05) is 31.1 Å². The van der Waals surface area contributed by atoms with E-state index in [1.807, 2.05) is 32.6 Å². The maximum absolute atomic E-state index is 17.4. The van der Waals surface area contributed by atoms with E-state index in [4.69, 9.17) is 35.6 Å². The minimum absolute atomic E-state index is 0.0134. The standard InChI is InChI=1S/C41H42F2N6O4/c1-7-26-28(42)14-12-24-10-8-11-27(30(24)26)33-32(43)34-31-36(46-38(45-34)51-21-41-17-9-18-47(41)19-16-22(41)2)48-20-25-13-15-29(35(48)23(3)52-37(31)44-33)49(25)39(50)53-40(4,5)6/h1,8,10-12,14,23,25,29,35H,2,9,13,15-21H2,3-6H3/t23-,25+,29-,35+,41+/m0/s1. The molecule has 5 aliphatic rings. The number of ether oxygens (including phenoxy) is 3. The topological polar surface area (TPSA) is 93.2 Å². The predicted molar refractivity (Wildman–Crippen MR) is 197 cm³/mol. The third-order valence-electron chi connectivity index (χ3n) is 11.9. The molecule has 2 aromatic carbocycles. The van der Waals surface area contributed by atoms with Crippen LogP contribution in [-0.4, -0.2) is 92.5 Å². The Hall–Kier alpha value is -5.02. The highest BCUT2D eigenvalue weighted by atomic mass is 19.1. The maximum atomic E-state index is 17.4. The third kappa shape index (κ3) is 5.14. The van der Waals surface area contributed by atoms with Gasteiger partial charge in [-0.05, 0) is 77.8 Å². The van der Waals surface area contributed by atoms with Crippen LogP contribution in [0.5, 0.6) is 11.9 Å². The molecule has 5 aliphatic heterocycles. The molecule has 0 N–H and O–H groups in total. The van der Waals surface area contributed by atoms with E-state index in [2.05, 4.69) is 22.3 Å². The molecule has 0 radical (unpaired) electrons. The summed E-state index contributed by atoms with van der Waals surface area (Å²) in [6.45, 7) is 14.5. The highest BCUT2D eigenvalue weighted by Gasteiger charge is 2.54. The van der Waals surface area contributed by atoms with Crippen LogP contribution in [0.4, 0.5) is 19.4 Å². The number of pyridine rings is 1. The van der Waals surface area contributed by atoms with E-state index in [9.17, 15) is 4.79 Å². The van der Waals surface area contributed by atoms with Gasteiger partial charge in [0.1, 0.15) is 46.5 Å². The molecule has 274 valence electrons. The molecule has 9 rings (SSSR count). The number of hydrogen-bond donors (Lipinski definition) is 0. The number of anilines is 1. The third-order valence-corrected chi connectivity index (χ3v) is 11.9. The summed E-state index contributed by atoms with van der Waals surface area (Å²) in [7, 11) is 0. The second-order valence-corrected chi connectivity index (χ2v) is 16.0. The molecular weight excluding hydrogens is 678 g/mol. The fourth-order valence-electron chi connectivity index (χ4n) is 9.57. The van der Waals surface area contributed by atoms with Crippen molar-refractivity contribution in [1.29, 1.82) is 0 Å². The fourth-order valence-corrected chi connectivity index (χ4v) is 9.57. The Morgan fingerprint density at radius 3 is 2.75 bits per heavy atom. The molecule has 4 fully saturated rings. The number of benzene rings is 2. The lowest BCUT2D eigenvalue weighted by atomic mass is 9.91. The Morgan fingerprint density at radius 1 is 1.13 bits per heavy atom. The molecule has 4 aromatic rings. The van der Waals surface area contributed by atoms with Crippen molar-refractivity contribution in [3.05, 3.63) is 59.7 Å². The quantitative estimate of drug-likeness (QED) is 0.163. The Balaban J connectivity index is 1.22. The molecule has 2 aromatic heterocycles. The number of carbonyl (C=O) groups excluding carboxylic acids is 1. The molecule has 5 atom stereocenters. The SMILES string of the molecule is C#Cc1c(F)ccc2cccc(-c3nc4c5c(nc(OC[C@@]67CCCN6CCC7=C)nc5c3F)N3C[C@H]5CC[C@@H]([C@H]3[C@H](C)O4)N5C(=O)OC(C)(C)C)c12. The van der Waals surface area contributed by atoms with Gasteiger partial charge in [-0.3, -0.25) is 9.80 Å². The summed E-state index contributed by atoms with van der Waals surface area (Å²) >= 11 is 0. The highest BCUT2D eigenvalue weighted by Crippen LogP contribution is 2.48. The van der Waals surface area contributed by atoms with Crippen molar-refractivity contribution in [3.63, 3.8) is 0 Å². The first-order valence-electron chi connectivity index (χ1n) is 18.5. The van der Waals surface area contributed by atoms with Gasteiger partial charge in [0.2, 0.25) is 5.88 Å². The van der Waals surface area contributed by atoms with Crippen molar-refractivity contribution >= 4 is 33.6 Å². The van der Waals surface area contributed by atoms with Crippen LogP contribution in [0.1, 0.15) is 65.4 Å². The molecule has 10 nitrogen and oxygen atoms in total. The van der Waals surface area contributed by atoms with Crippen LogP contribution in [0.25, 0.3) is 32.9 Å². The Labute approximate surface area is 307 Å². The largest absolute Gasteiger partial charge is 0.472 e. The zero-order valence-electron chi connectivity index (χ0n) is 30.4. The van der Waals surface area contributed by atoms with Crippen LogP contribution < -0.4 is 14.4 Å². The van der Waals surface area contributed by atoms with Gasteiger partial charge in [-0.1, -0.05) is 42.3 Å². The van der Waals surface area contributed by atoms with E-state index >= 15 is 8.78 Å². The number of carbonyl (C=O) groups is 1. The summed E-state index contributed by atoms with van der Waals surface area (Å²) in [4.78, 5) is 34.6. The van der Waals surface area contributed by atoms with Gasteiger partial charge in [-0.25, -0.2) is 18.6 Å². The Kier molecular flexibility index (Phi) is 7.65. The lowest BCUT2D eigenvalue weighted by molar-refractivity contribution is 0.000938. The van der Waals surface area contributed by atoms with Crippen LogP contribution in [0.15, 0.2) is 42.5 Å². The van der Waals surface area contributed by atoms with E-state index in [1.54, 1.807) is 24.3 Å². The number of piperazine rings is 1. The normalized spacial score (nSPS) is 26.3. The molecular formula is C41H42F2N6O4. The maximum Gasteiger partial charge on any atom is 0.410 e. The number of nitrogens with zero attached hydrogens (tertiary/aromatic N) is 6. The molecule has 7 heterocycles. The Bertz CT molecular complexity index is 2270. The van der Waals surface area contributed by atoms with Gasteiger partial charge in [0.15, 0.2) is 5.82 Å². The minimum Gasteiger partial charge on any atom is -0.472 e. The van der Waals surface area contributed by atoms with Gasteiger partial charge in [-0.15, -0.1) is 6.42 Å². The summed E-state index contributed by atoms with van der Waals surface area (Å²) in [5, 5.41) is 1.31. The van der Waals surface area contributed by atoms with Gasteiger partial charge in [0.05, 0.1) is 29.2 Å². The lowest BCUT2D eigenvalue weighted by Crippen LogP contribution is -2.65. The summed E-state index contributed by atoms with van der Waals surface area (Å²) in [6.07, 6.45) is 9.28. The van der Waals surface area contributed by atoms with Gasteiger partial charge in [-0.2, -0.15) is 9.97 Å². The molecule has 2 bridgehead atoms. The molecule has 53 heavy (non-hydrogen) atoms. The number of fused-ring (bicyclic) bond motifs is 7. The molecule has 0 aliphatic carbocycles. The van der Waals surface area contributed by atoms with Gasteiger partial charge < -0.3 is 19.1 Å². The van der Waals surface area contributed by atoms with Crippen LogP contribution in [0.3, 0.4) is 0 Å².